The van der Waals surface area contributed by atoms with Crippen LogP contribution < -0.4 is 14.8 Å². The molecule has 10 heteroatoms. The van der Waals surface area contributed by atoms with E-state index in [1.165, 1.54) is 24.0 Å². The van der Waals surface area contributed by atoms with Crippen molar-refractivity contribution in [2.75, 3.05) is 61.5 Å². The number of hydrogen-bond donors (Lipinski definition) is 1. The highest BCUT2D eigenvalue weighted by Crippen LogP contribution is 2.42. The number of amides is 4. The molecular weight excluding hydrogens is 486 g/mol. The molecule has 0 aromatic heterocycles. The summed E-state index contributed by atoms with van der Waals surface area (Å²) in [6.07, 6.45) is 0. The number of likely N-dealkylation sites (N-methyl/N-ethyl adjacent to an activating group) is 2. The number of urea groups is 1. The molecule has 202 valence electrons. The van der Waals surface area contributed by atoms with E-state index in [1.807, 2.05) is 49.3 Å². The Morgan fingerprint density at radius 2 is 1.76 bits per heavy atom. The molecule has 0 saturated heterocycles. The van der Waals surface area contributed by atoms with Crippen molar-refractivity contribution in [1.29, 1.82) is 0 Å². The number of carbonyl (C=O) groups is 3. The molecule has 0 bridgehead atoms. The van der Waals surface area contributed by atoms with Gasteiger partial charge in [-0.1, -0.05) is 42.5 Å². The molecule has 2 aliphatic rings. The zero-order valence-corrected chi connectivity index (χ0v) is 22.6. The molecule has 38 heavy (non-hydrogen) atoms. The predicted octanol–water partition coefficient (Wildman–Crippen LogP) is 2.09. The molecule has 4 rings (SSSR count). The minimum Gasteiger partial charge on any atom is -0.493 e. The van der Waals surface area contributed by atoms with Gasteiger partial charge in [-0.05, 0) is 25.7 Å². The second kappa shape index (κ2) is 11.6. The van der Waals surface area contributed by atoms with Crippen LogP contribution in [0.25, 0.3) is 0 Å². The van der Waals surface area contributed by atoms with Crippen molar-refractivity contribution in [3.8, 4) is 11.5 Å². The van der Waals surface area contributed by atoms with Crippen molar-refractivity contribution in [3.63, 3.8) is 0 Å². The van der Waals surface area contributed by atoms with E-state index in [0.29, 0.717) is 48.0 Å². The fourth-order valence-electron chi connectivity index (χ4n) is 4.80. The van der Waals surface area contributed by atoms with Crippen molar-refractivity contribution < 1.29 is 23.9 Å². The summed E-state index contributed by atoms with van der Waals surface area (Å²) >= 11 is 0. The van der Waals surface area contributed by atoms with Crippen LogP contribution >= 0.6 is 0 Å². The molecule has 0 radical (unpaired) electrons. The van der Waals surface area contributed by atoms with E-state index < -0.39 is 6.04 Å². The van der Waals surface area contributed by atoms with E-state index in [0.717, 1.165) is 5.56 Å². The van der Waals surface area contributed by atoms with Crippen molar-refractivity contribution >= 4 is 17.8 Å². The number of methoxy groups -OCH3 is 2. The van der Waals surface area contributed by atoms with Gasteiger partial charge in [-0.2, -0.15) is 0 Å². The van der Waals surface area contributed by atoms with Gasteiger partial charge in [-0.3, -0.25) is 14.5 Å². The summed E-state index contributed by atoms with van der Waals surface area (Å²) in [6.45, 7) is 1.75. The number of nitrogens with one attached hydrogen (secondary N) is 1. The van der Waals surface area contributed by atoms with E-state index in [4.69, 9.17) is 9.47 Å². The molecule has 10 nitrogen and oxygen atoms in total. The summed E-state index contributed by atoms with van der Waals surface area (Å²) in [5, 5.41) is 2.92. The van der Waals surface area contributed by atoms with Crippen molar-refractivity contribution in [1.82, 2.24) is 24.9 Å². The van der Waals surface area contributed by atoms with E-state index in [-0.39, 0.29) is 30.9 Å². The topological polar surface area (TPSA) is 94.7 Å². The maximum Gasteiger partial charge on any atom is 0.322 e. The van der Waals surface area contributed by atoms with Crippen LogP contribution in [0.2, 0.25) is 0 Å². The summed E-state index contributed by atoms with van der Waals surface area (Å²) in [5.74, 6) is 0.496. The molecule has 2 aliphatic heterocycles. The van der Waals surface area contributed by atoms with Crippen molar-refractivity contribution in [2.24, 2.45) is 0 Å². The maximum absolute atomic E-state index is 13.8. The van der Waals surface area contributed by atoms with Crippen LogP contribution in [0, 0.1) is 0 Å². The van der Waals surface area contributed by atoms with Crippen LogP contribution in [0.1, 0.15) is 17.2 Å². The Morgan fingerprint density at radius 3 is 2.42 bits per heavy atom. The number of nitrogens with zero attached hydrogens (tertiary/aromatic N) is 4. The summed E-state index contributed by atoms with van der Waals surface area (Å²) in [4.78, 5) is 46.9. The van der Waals surface area contributed by atoms with Gasteiger partial charge in [0.25, 0.3) is 5.91 Å². The lowest BCUT2D eigenvalue weighted by Crippen LogP contribution is -2.45. The third-order valence-electron chi connectivity index (χ3n) is 6.89. The molecule has 0 saturated carbocycles. The first kappa shape index (κ1) is 27.0. The average molecular weight is 522 g/mol. The monoisotopic (exact) mass is 521 g/mol. The van der Waals surface area contributed by atoms with Crippen LogP contribution in [0.5, 0.6) is 11.5 Å². The molecule has 0 spiro atoms. The Bertz CT molecular complexity index is 1230. The summed E-state index contributed by atoms with van der Waals surface area (Å²) in [6, 6.07) is 14.1. The van der Waals surface area contributed by atoms with Crippen LogP contribution in [-0.2, 0) is 16.1 Å². The molecule has 1 N–H and O–H groups in total. The van der Waals surface area contributed by atoms with Gasteiger partial charge in [0.05, 0.1) is 38.1 Å². The number of ether oxygens (including phenoxy) is 2. The van der Waals surface area contributed by atoms with E-state index in [9.17, 15) is 14.4 Å². The maximum atomic E-state index is 13.8. The molecule has 0 aliphatic carbocycles. The second-order valence-corrected chi connectivity index (χ2v) is 9.65. The van der Waals surface area contributed by atoms with Gasteiger partial charge in [0.2, 0.25) is 5.91 Å². The SMILES string of the molecule is COc1cccc([C@@H]2NC(=O)N(C)C3=C2C(=O)N(CC(=O)N(CCN(C)C)Cc2ccccc2)C3)c1OC. The minimum atomic E-state index is -0.736. The van der Waals surface area contributed by atoms with Crippen LogP contribution in [0.15, 0.2) is 59.8 Å². The van der Waals surface area contributed by atoms with Crippen LogP contribution in [0.3, 0.4) is 0 Å². The zero-order chi connectivity index (χ0) is 27.4. The third-order valence-corrected chi connectivity index (χ3v) is 6.89. The summed E-state index contributed by atoms with van der Waals surface area (Å²) in [5.41, 5.74) is 2.63. The van der Waals surface area contributed by atoms with Crippen molar-refractivity contribution in [3.05, 3.63) is 70.9 Å². The van der Waals surface area contributed by atoms with Gasteiger partial charge in [0, 0.05) is 32.2 Å². The van der Waals surface area contributed by atoms with Gasteiger partial charge >= 0.3 is 6.03 Å². The van der Waals surface area contributed by atoms with Gasteiger partial charge in [-0.15, -0.1) is 0 Å². The smallest absolute Gasteiger partial charge is 0.322 e. The van der Waals surface area contributed by atoms with Crippen LogP contribution in [-0.4, -0.2) is 99.0 Å². The summed E-state index contributed by atoms with van der Waals surface area (Å²) < 4.78 is 11.0. The Hall–Kier alpha value is -4.05. The standard InChI is InChI=1S/C28H35N5O5/c1-30(2)14-15-32(16-19-10-7-6-8-11-19)23(34)18-33-17-21-24(27(33)35)25(29-28(36)31(21)3)20-12-9-13-22(37-4)26(20)38-5/h6-13,25H,14-18H2,1-5H3,(H,29,36)/t25-/m0/s1. The lowest BCUT2D eigenvalue weighted by molar-refractivity contribution is -0.138. The quantitative estimate of drug-likeness (QED) is 0.515. The van der Waals surface area contributed by atoms with E-state index in [2.05, 4.69) is 5.32 Å². The summed E-state index contributed by atoms with van der Waals surface area (Å²) in [7, 11) is 8.59. The Morgan fingerprint density at radius 1 is 1.03 bits per heavy atom. The Kier molecular flexibility index (Phi) is 8.21. The molecule has 1 atom stereocenters. The number of para-hydroxylation sites is 1. The van der Waals surface area contributed by atoms with Crippen LogP contribution in [0.4, 0.5) is 4.79 Å². The lowest BCUT2D eigenvalue weighted by atomic mass is 9.94. The first-order valence-electron chi connectivity index (χ1n) is 12.5. The van der Waals surface area contributed by atoms with Gasteiger partial charge < -0.3 is 29.5 Å². The predicted molar refractivity (Wildman–Crippen MR) is 143 cm³/mol. The van der Waals surface area contributed by atoms with E-state index >= 15 is 0 Å². The molecule has 2 aromatic rings. The third kappa shape index (κ3) is 5.45. The fourth-order valence-corrected chi connectivity index (χ4v) is 4.80. The normalized spacial score (nSPS) is 17.1. The fraction of sp³-hybridized carbons (Fsp3) is 0.393. The number of benzene rings is 2. The first-order chi connectivity index (χ1) is 18.2. The second-order valence-electron chi connectivity index (χ2n) is 9.65. The van der Waals surface area contributed by atoms with Gasteiger partial charge in [0.15, 0.2) is 11.5 Å². The minimum absolute atomic E-state index is 0.0872. The molecular formula is C28H35N5O5. The first-order valence-corrected chi connectivity index (χ1v) is 12.5. The van der Waals surface area contributed by atoms with E-state index in [1.54, 1.807) is 30.1 Å². The van der Waals surface area contributed by atoms with Gasteiger partial charge in [0.1, 0.15) is 6.54 Å². The number of hydrogen-bond acceptors (Lipinski definition) is 6. The van der Waals surface area contributed by atoms with Crippen molar-refractivity contribution in [2.45, 2.75) is 12.6 Å². The molecule has 2 heterocycles. The van der Waals surface area contributed by atoms with Gasteiger partial charge in [-0.25, -0.2) is 4.79 Å². The highest BCUT2D eigenvalue weighted by molar-refractivity contribution is 6.03. The molecule has 0 fully saturated rings. The Labute approximate surface area is 223 Å². The average Bonchev–Trinajstić information content (AvgIpc) is 3.24. The zero-order valence-electron chi connectivity index (χ0n) is 22.6. The lowest BCUT2D eigenvalue weighted by Gasteiger charge is -2.31. The molecule has 0 unspecified atom stereocenters. The highest BCUT2D eigenvalue weighted by atomic mass is 16.5. The number of rotatable bonds is 10. The highest BCUT2D eigenvalue weighted by Gasteiger charge is 2.44. The molecule has 4 amide bonds. The number of carbonyl (C=O) groups excluding carboxylic acids is 3. The Balaban J connectivity index is 1.59. The largest absolute Gasteiger partial charge is 0.493 e. The molecule has 2 aromatic carbocycles.